The zero-order valence-corrected chi connectivity index (χ0v) is 25.4. The van der Waals surface area contributed by atoms with Crippen molar-refractivity contribution in [1.29, 1.82) is 0 Å². The molecular weight excluding hydrogens is 488 g/mol. The summed E-state index contributed by atoms with van der Waals surface area (Å²) in [6.45, 7) is 19.9. The highest BCUT2D eigenvalue weighted by Gasteiger charge is 2.28. The maximum absolute atomic E-state index is 11.8. The molecule has 3 heteroatoms. The van der Waals surface area contributed by atoms with Crippen molar-refractivity contribution in [2.24, 2.45) is 0 Å². The van der Waals surface area contributed by atoms with Crippen LogP contribution in [0.2, 0.25) is 0 Å². The number of rotatable bonds is 3. The second-order valence-electron chi connectivity index (χ2n) is 14.0. The molecule has 0 fully saturated rings. The number of aromatic nitrogens is 2. The van der Waals surface area contributed by atoms with Gasteiger partial charge in [0.25, 0.3) is 0 Å². The van der Waals surface area contributed by atoms with Crippen molar-refractivity contribution in [1.82, 2.24) is 9.55 Å². The van der Waals surface area contributed by atoms with Gasteiger partial charge in [-0.3, -0.25) is 4.57 Å². The molecule has 1 aromatic heterocycles. The average Bonchev–Trinajstić information content (AvgIpc) is 3.26. The fourth-order valence-electron chi connectivity index (χ4n) is 5.31. The van der Waals surface area contributed by atoms with Gasteiger partial charge < -0.3 is 5.11 Å². The van der Waals surface area contributed by atoms with Gasteiger partial charge in [0.1, 0.15) is 11.6 Å². The van der Waals surface area contributed by atoms with Crippen LogP contribution in [0.25, 0.3) is 39.2 Å². The van der Waals surface area contributed by atoms with Crippen molar-refractivity contribution in [3.63, 3.8) is 0 Å². The Hall–Kier alpha value is -3.85. The average molecular weight is 531 g/mol. The molecule has 1 N–H and O–H groups in total. The molecule has 40 heavy (non-hydrogen) atoms. The van der Waals surface area contributed by atoms with Crippen LogP contribution in [0, 0.1) is 0 Å². The van der Waals surface area contributed by atoms with Crippen molar-refractivity contribution in [2.45, 2.75) is 78.6 Å². The van der Waals surface area contributed by atoms with Crippen molar-refractivity contribution < 1.29 is 5.11 Å². The van der Waals surface area contributed by atoms with E-state index in [0.717, 1.165) is 44.8 Å². The summed E-state index contributed by atoms with van der Waals surface area (Å²) in [7, 11) is 0. The van der Waals surface area contributed by atoms with E-state index in [-0.39, 0.29) is 16.2 Å². The van der Waals surface area contributed by atoms with E-state index in [1.165, 1.54) is 11.1 Å². The molecule has 0 amide bonds. The molecule has 5 rings (SSSR count). The number of hydrogen-bond donors (Lipinski definition) is 1. The van der Waals surface area contributed by atoms with E-state index in [0.29, 0.717) is 5.75 Å². The smallest absolute Gasteiger partial charge is 0.149 e. The van der Waals surface area contributed by atoms with Crippen molar-refractivity contribution in [2.75, 3.05) is 0 Å². The number of nitrogens with zero attached hydrogens (tertiary/aromatic N) is 2. The first-order chi connectivity index (χ1) is 18.7. The molecule has 1 heterocycles. The van der Waals surface area contributed by atoms with E-state index < -0.39 is 0 Å². The lowest BCUT2D eigenvalue weighted by atomic mass is 9.79. The van der Waals surface area contributed by atoms with Crippen LogP contribution in [0.15, 0.2) is 84.9 Å². The van der Waals surface area contributed by atoms with Gasteiger partial charge in [0.2, 0.25) is 0 Å². The number of para-hydroxylation sites is 2. The summed E-state index contributed by atoms with van der Waals surface area (Å²) in [5, 5.41) is 11.8. The van der Waals surface area contributed by atoms with E-state index in [1.807, 2.05) is 6.07 Å². The summed E-state index contributed by atoms with van der Waals surface area (Å²) in [6.07, 6.45) is 0. The summed E-state index contributed by atoms with van der Waals surface area (Å²) in [5.41, 5.74) is 9.05. The highest BCUT2D eigenvalue weighted by Crippen LogP contribution is 2.44. The Labute approximate surface area is 239 Å². The van der Waals surface area contributed by atoms with Gasteiger partial charge in [-0.05, 0) is 63.3 Å². The summed E-state index contributed by atoms with van der Waals surface area (Å²) in [6, 6.07) is 29.9. The van der Waals surface area contributed by atoms with Crippen LogP contribution in [-0.2, 0) is 16.2 Å². The quantitative estimate of drug-likeness (QED) is 0.252. The van der Waals surface area contributed by atoms with E-state index in [1.54, 1.807) is 0 Å². The summed E-state index contributed by atoms with van der Waals surface area (Å²) in [4.78, 5) is 5.18. The molecule has 0 radical (unpaired) electrons. The summed E-state index contributed by atoms with van der Waals surface area (Å²) < 4.78 is 2.23. The zero-order valence-electron chi connectivity index (χ0n) is 25.4. The van der Waals surface area contributed by atoms with Gasteiger partial charge in [0.15, 0.2) is 0 Å². The lowest BCUT2D eigenvalue weighted by Crippen LogP contribution is -2.17. The van der Waals surface area contributed by atoms with Gasteiger partial charge in [0, 0.05) is 11.1 Å². The largest absolute Gasteiger partial charge is 0.507 e. The molecule has 0 aliphatic rings. The highest BCUT2D eigenvalue weighted by atomic mass is 16.3. The van der Waals surface area contributed by atoms with Gasteiger partial charge in [-0.25, -0.2) is 4.98 Å². The van der Waals surface area contributed by atoms with Crippen LogP contribution in [0.1, 0.15) is 79.0 Å². The minimum atomic E-state index is -0.236. The minimum absolute atomic E-state index is 0.00279. The normalized spacial score (nSPS) is 12.7. The van der Waals surface area contributed by atoms with Gasteiger partial charge in [0.05, 0.1) is 22.3 Å². The van der Waals surface area contributed by atoms with Gasteiger partial charge in [-0.15, -0.1) is 0 Å². The first kappa shape index (κ1) is 27.7. The maximum atomic E-state index is 11.8. The first-order valence-corrected chi connectivity index (χ1v) is 14.2. The molecule has 206 valence electrons. The maximum Gasteiger partial charge on any atom is 0.149 e. The van der Waals surface area contributed by atoms with Gasteiger partial charge >= 0.3 is 0 Å². The number of hydrogen-bond acceptors (Lipinski definition) is 2. The zero-order chi connectivity index (χ0) is 29.0. The third kappa shape index (κ3) is 5.06. The summed E-state index contributed by atoms with van der Waals surface area (Å²) >= 11 is 0. The Morgan fingerprint density at radius 1 is 0.600 bits per heavy atom. The molecule has 0 saturated carbocycles. The number of imidazole rings is 1. The van der Waals surface area contributed by atoms with Crippen LogP contribution >= 0.6 is 0 Å². The number of benzene rings is 4. The van der Waals surface area contributed by atoms with E-state index in [4.69, 9.17) is 4.98 Å². The van der Waals surface area contributed by atoms with Crippen molar-refractivity contribution in [3.8, 4) is 34.0 Å². The molecule has 0 aliphatic carbocycles. The standard InChI is InChI=1S/C37H42N2O/c1-35(2,3)25-19-20-31(27(21-25)24-15-11-10-12-16-24)39-32-18-14-13-17-30(32)38-34(39)28-22-26(36(4,5)6)23-29(33(28)40)37(7,8)9/h10-23,40H,1-9H3. The van der Waals surface area contributed by atoms with Crippen LogP contribution in [0.5, 0.6) is 5.75 Å². The number of phenols is 1. The van der Waals surface area contributed by atoms with E-state index in [9.17, 15) is 5.11 Å². The fraction of sp³-hybridized carbons (Fsp3) is 0.324. The second kappa shape index (κ2) is 9.66. The number of aromatic hydroxyl groups is 1. The Balaban J connectivity index is 1.91. The lowest BCUT2D eigenvalue weighted by Gasteiger charge is -2.28. The van der Waals surface area contributed by atoms with Gasteiger partial charge in [-0.1, -0.05) is 117 Å². The SMILES string of the molecule is CC(C)(C)c1ccc(-n2c(-c3cc(C(C)(C)C)cc(C(C)(C)C)c3O)nc3ccccc32)c(-c2ccccc2)c1. The number of phenolic OH excluding ortho intramolecular Hbond substituents is 1. The van der Waals surface area contributed by atoms with Crippen LogP contribution in [0.3, 0.4) is 0 Å². The molecule has 3 nitrogen and oxygen atoms in total. The Morgan fingerprint density at radius 3 is 1.82 bits per heavy atom. The molecular formula is C37H42N2O. The molecule has 0 bridgehead atoms. The molecule has 0 spiro atoms. The van der Waals surface area contributed by atoms with Gasteiger partial charge in [-0.2, -0.15) is 0 Å². The molecule has 0 aliphatic heterocycles. The molecule has 0 saturated heterocycles. The minimum Gasteiger partial charge on any atom is -0.507 e. The third-order valence-electron chi connectivity index (χ3n) is 7.77. The monoisotopic (exact) mass is 530 g/mol. The fourth-order valence-corrected chi connectivity index (χ4v) is 5.31. The Bertz CT molecular complexity index is 1690. The van der Waals surface area contributed by atoms with Crippen molar-refractivity contribution >= 4 is 11.0 Å². The lowest BCUT2D eigenvalue weighted by molar-refractivity contribution is 0.446. The third-order valence-corrected chi connectivity index (χ3v) is 7.77. The Kier molecular flexibility index (Phi) is 6.69. The van der Waals surface area contributed by atoms with Crippen molar-refractivity contribution in [3.05, 3.63) is 102 Å². The molecule has 5 aromatic rings. The summed E-state index contributed by atoms with van der Waals surface area (Å²) in [5.74, 6) is 1.04. The van der Waals surface area contributed by atoms with Crippen LogP contribution < -0.4 is 0 Å². The highest BCUT2D eigenvalue weighted by molar-refractivity contribution is 5.88. The molecule has 0 atom stereocenters. The van der Waals surface area contributed by atoms with E-state index >= 15 is 0 Å². The molecule has 4 aromatic carbocycles. The first-order valence-electron chi connectivity index (χ1n) is 14.2. The van der Waals surface area contributed by atoms with Crippen LogP contribution in [-0.4, -0.2) is 14.7 Å². The topological polar surface area (TPSA) is 38.0 Å². The predicted octanol–water partition coefficient (Wildman–Crippen LogP) is 9.96. The molecule has 0 unspecified atom stereocenters. The Morgan fingerprint density at radius 2 is 1.20 bits per heavy atom. The predicted molar refractivity (Wildman–Crippen MR) is 170 cm³/mol. The number of fused-ring (bicyclic) bond motifs is 1. The second-order valence-corrected chi connectivity index (χ2v) is 14.0. The van der Waals surface area contributed by atoms with E-state index in [2.05, 4.69) is 146 Å². The van der Waals surface area contributed by atoms with Crippen LogP contribution in [0.4, 0.5) is 0 Å².